The SMILES string of the molecule is CC1OCCC1N(C)c1nc2ccccc2cc1CBr. The molecule has 106 valence electrons. The summed E-state index contributed by atoms with van der Waals surface area (Å²) in [7, 11) is 2.12. The Morgan fingerprint density at radius 3 is 2.90 bits per heavy atom. The number of pyridine rings is 1. The summed E-state index contributed by atoms with van der Waals surface area (Å²) in [6.45, 7) is 2.98. The van der Waals surface area contributed by atoms with Crippen molar-refractivity contribution in [3.63, 3.8) is 0 Å². The lowest BCUT2D eigenvalue weighted by atomic mass is 10.1. The molecule has 2 heterocycles. The third-order valence-corrected chi connectivity index (χ3v) is 4.70. The van der Waals surface area contributed by atoms with Crippen molar-refractivity contribution in [1.82, 2.24) is 4.98 Å². The van der Waals surface area contributed by atoms with Gasteiger partial charge in [0, 0.05) is 29.9 Å². The molecule has 2 atom stereocenters. The zero-order chi connectivity index (χ0) is 14.1. The average molecular weight is 335 g/mol. The Morgan fingerprint density at radius 2 is 2.20 bits per heavy atom. The minimum atomic E-state index is 0.261. The van der Waals surface area contributed by atoms with Gasteiger partial charge in [0.1, 0.15) is 5.82 Å². The van der Waals surface area contributed by atoms with Gasteiger partial charge in [0.05, 0.1) is 17.7 Å². The molecular weight excluding hydrogens is 316 g/mol. The van der Waals surface area contributed by atoms with Crippen molar-refractivity contribution >= 4 is 32.7 Å². The molecule has 1 aliphatic heterocycles. The molecule has 0 aliphatic carbocycles. The number of hydrogen-bond donors (Lipinski definition) is 0. The molecule has 0 bridgehead atoms. The fourth-order valence-electron chi connectivity index (χ4n) is 2.94. The summed E-state index contributed by atoms with van der Waals surface area (Å²) in [6.07, 6.45) is 1.32. The van der Waals surface area contributed by atoms with Gasteiger partial charge in [-0.3, -0.25) is 0 Å². The van der Waals surface area contributed by atoms with E-state index in [1.165, 1.54) is 10.9 Å². The second kappa shape index (κ2) is 5.70. The number of likely N-dealkylation sites (N-methyl/N-ethyl adjacent to an activating group) is 1. The second-order valence-electron chi connectivity index (χ2n) is 5.34. The second-order valence-corrected chi connectivity index (χ2v) is 5.90. The lowest BCUT2D eigenvalue weighted by Crippen LogP contribution is -2.37. The molecule has 1 aliphatic rings. The van der Waals surface area contributed by atoms with Crippen LogP contribution in [0.15, 0.2) is 30.3 Å². The van der Waals surface area contributed by atoms with Gasteiger partial charge in [0.2, 0.25) is 0 Å². The Balaban J connectivity index is 2.04. The maximum atomic E-state index is 5.69. The number of alkyl halides is 1. The van der Waals surface area contributed by atoms with E-state index in [4.69, 9.17) is 9.72 Å². The molecule has 2 unspecified atom stereocenters. The van der Waals surface area contributed by atoms with E-state index in [0.717, 1.165) is 29.7 Å². The standard InChI is InChI=1S/C16H19BrN2O/c1-11-15(7-8-20-11)19(2)16-13(10-17)9-12-5-3-4-6-14(12)18-16/h3-6,9,11,15H,7-8,10H2,1-2H3. The summed E-state index contributed by atoms with van der Waals surface area (Å²) in [6, 6.07) is 10.9. The molecule has 4 heteroatoms. The molecule has 0 spiro atoms. The fourth-order valence-corrected chi connectivity index (χ4v) is 3.35. The predicted molar refractivity (Wildman–Crippen MR) is 86.6 cm³/mol. The number of benzene rings is 1. The van der Waals surface area contributed by atoms with E-state index in [1.54, 1.807) is 0 Å². The molecule has 1 aromatic carbocycles. The highest BCUT2D eigenvalue weighted by Crippen LogP contribution is 2.29. The molecule has 0 radical (unpaired) electrons. The molecule has 20 heavy (non-hydrogen) atoms. The van der Waals surface area contributed by atoms with Crippen LogP contribution in [-0.2, 0) is 10.1 Å². The third kappa shape index (κ3) is 2.42. The van der Waals surface area contributed by atoms with Crippen LogP contribution in [0.25, 0.3) is 10.9 Å². The Labute approximate surface area is 128 Å². The third-order valence-electron chi connectivity index (χ3n) is 4.09. The van der Waals surface area contributed by atoms with Crippen LogP contribution in [0.5, 0.6) is 0 Å². The number of halogens is 1. The van der Waals surface area contributed by atoms with Crippen LogP contribution in [0.2, 0.25) is 0 Å². The number of fused-ring (bicyclic) bond motifs is 1. The minimum Gasteiger partial charge on any atom is -0.376 e. The Hall–Kier alpha value is -1.13. The zero-order valence-corrected chi connectivity index (χ0v) is 13.4. The number of aromatic nitrogens is 1. The number of nitrogens with zero attached hydrogens (tertiary/aromatic N) is 2. The van der Waals surface area contributed by atoms with Gasteiger partial charge < -0.3 is 9.64 Å². The highest BCUT2D eigenvalue weighted by molar-refractivity contribution is 9.08. The Kier molecular flexibility index (Phi) is 3.94. The first-order chi connectivity index (χ1) is 9.70. The van der Waals surface area contributed by atoms with Crippen molar-refractivity contribution in [2.24, 2.45) is 0 Å². The van der Waals surface area contributed by atoms with Crippen molar-refractivity contribution in [2.75, 3.05) is 18.6 Å². The van der Waals surface area contributed by atoms with Crippen molar-refractivity contribution in [1.29, 1.82) is 0 Å². The summed E-state index contributed by atoms with van der Waals surface area (Å²) in [5.74, 6) is 1.06. The van der Waals surface area contributed by atoms with E-state index in [9.17, 15) is 0 Å². The molecule has 1 saturated heterocycles. The number of anilines is 1. The topological polar surface area (TPSA) is 25.4 Å². The van der Waals surface area contributed by atoms with Gasteiger partial charge in [-0.1, -0.05) is 34.1 Å². The molecule has 1 aromatic heterocycles. The molecule has 1 fully saturated rings. The summed E-state index contributed by atoms with van der Waals surface area (Å²) >= 11 is 3.59. The van der Waals surface area contributed by atoms with Crippen molar-refractivity contribution in [3.8, 4) is 0 Å². The number of rotatable bonds is 3. The highest BCUT2D eigenvalue weighted by Gasteiger charge is 2.29. The first kappa shape index (κ1) is 13.8. The van der Waals surface area contributed by atoms with Gasteiger partial charge in [0.25, 0.3) is 0 Å². The van der Waals surface area contributed by atoms with Crippen LogP contribution in [0, 0.1) is 0 Å². The molecule has 3 rings (SSSR count). The Morgan fingerprint density at radius 1 is 1.40 bits per heavy atom. The van der Waals surface area contributed by atoms with Crippen LogP contribution in [0.1, 0.15) is 18.9 Å². The van der Waals surface area contributed by atoms with Crippen LogP contribution in [-0.4, -0.2) is 30.8 Å². The largest absolute Gasteiger partial charge is 0.376 e. The fraction of sp³-hybridized carbons (Fsp3) is 0.438. The minimum absolute atomic E-state index is 0.261. The van der Waals surface area contributed by atoms with Gasteiger partial charge in [-0.2, -0.15) is 0 Å². The molecule has 0 amide bonds. The van der Waals surface area contributed by atoms with Gasteiger partial charge in [-0.15, -0.1) is 0 Å². The lowest BCUT2D eigenvalue weighted by molar-refractivity contribution is 0.118. The van der Waals surface area contributed by atoms with Crippen LogP contribution >= 0.6 is 15.9 Å². The molecule has 3 nitrogen and oxygen atoms in total. The summed E-state index contributed by atoms with van der Waals surface area (Å²) in [5, 5.41) is 2.00. The van der Waals surface area contributed by atoms with Gasteiger partial charge in [-0.05, 0) is 25.5 Å². The molecule has 0 saturated carbocycles. The van der Waals surface area contributed by atoms with Gasteiger partial charge >= 0.3 is 0 Å². The monoisotopic (exact) mass is 334 g/mol. The summed E-state index contributed by atoms with van der Waals surface area (Å²) in [4.78, 5) is 7.14. The highest BCUT2D eigenvalue weighted by atomic mass is 79.9. The summed E-state index contributed by atoms with van der Waals surface area (Å²) < 4.78 is 5.69. The molecule has 2 aromatic rings. The van der Waals surface area contributed by atoms with Crippen molar-refractivity contribution < 1.29 is 4.74 Å². The lowest BCUT2D eigenvalue weighted by Gasteiger charge is -2.29. The molecule has 0 N–H and O–H groups in total. The van der Waals surface area contributed by atoms with Gasteiger partial charge in [0.15, 0.2) is 0 Å². The van der Waals surface area contributed by atoms with Gasteiger partial charge in [-0.25, -0.2) is 4.98 Å². The Bertz CT molecular complexity index is 616. The van der Waals surface area contributed by atoms with E-state index < -0.39 is 0 Å². The first-order valence-electron chi connectivity index (χ1n) is 7.00. The molecular formula is C16H19BrN2O. The number of ether oxygens (including phenoxy) is 1. The van der Waals surface area contributed by atoms with Crippen molar-refractivity contribution in [2.45, 2.75) is 30.8 Å². The van der Waals surface area contributed by atoms with Crippen LogP contribution < -0.4 is 4.90 Å². The van der Waals surface area contributed by atoms with Crippen LogP contribution in [0.4, 0.5) is 5.82 Å². The van der Waals surface area contributed by atoms with Crippen LogP contribution in [0.3, 0.4) is 0 Å². The zero-order valence-electron chi connectivity index (χ0n) is 11.8. The van der Waals surface area contributed by atoms with E-state index >= 15 is 0 Å². The van der Waals surface area contributed by atoms with E-state index in [1.807, 2.05) is 6.07 Å². The number of hydrogen-bond acceptors (Lipinski definition) is 3. The normalized spacial score (nSPS) is 22.4. The summed E-state index contributed by atoms with van der Waals surface area (Å²) in [5.41, 5.74) is 2.27. The maximum Gasteiger partial charge on any atom is 0.133 e. The van der Waals surface area contributed by atoms with E-state index in [2.05, 4.69) is 59.1 Å². The average Bonchev–Trinajstić information content (AvgIpc) is 2.91. The van der Waals surface area contributed by atoms with E-state index in [-0.39, 0.29) is 6.10 Å². The quantitative estimate of drug-likeness (QED) is 0.799. The first-order valence-corrected chi connectivity index (χ1v) is 8.12. The van der Waals surface area contributed by atoms with E-state index in [0.29, 0.717) is 6.04 Å². The smallest absolute Gasteiger partial charge is 0.133 e. The maximum absolute atomic E-state index is 5.69. The predicted octanol–water partition coefficient (Wildman–Crippen LogP) is 3.74. The van der Waals surface area contributed by atoms with Crippen molar-refractivity contribution in [3.05, 3.63) is 35.9 Å². The number of para-hydroxylation sites is 1.